The van der Waals surface area contributed by atoms with Crippen LogP contribution in [0.3, 0.4) is 0 Å². The molecule has 1 saturated carbocycles. The summed E-state index contributed by atoms with van der Waals surface area (Å²) in [5.74, 6) is 6.37. The Hall–Kier alpha value is -0.780. The van der Waals surface area contributed by atoms with Gasteiger partial charge in [-0.1, -0.05) is 30.9 Å². The maximum absolute atomic E-state index is 5.94. The smallest absolute Gasteiger partial charge is 0.208 e. The van der Waals surface area contributed by atoms with Crippen LogP contribution < -0.4 is 11.3 Å². The van der Waals surface area contributed by atoms with Crippen molar-refractivity contribution in [2.75, 3.05) is 7.05 Å². The van der Waals surface area contributed by atoms with Gasteiger partial charge in [-0.3, -0.25) is 5.43 Å². The van der Waals surface area contributed by atoms with Gasteiger partial charge in [-0.15, -0.1) is 11.3 Å². The van der Waals surface area contributed by atoms with Crippen molar-refractivity contribution in [3.63, 3.8) is 0 Å². The Bertz CT molecular complexity index is 426. The number of rotatable bonds is 3. The van der Waals surface area contributed by atoms with Gasteiger partial charge < -0.3 is 4.90 Å². The molecule has 1 heterocycles. The van der Waals surface area contributed by atoms with Gasteiger partial charge in [0.1, 0.15) is 0 Å². The third-order valence-corrected chi connectivity index (χ3v) is 4.61. The van der Waals surface area contributed by atoms with Crippen LogP contribution in [-0.2, 0) is 6.54 Å². The highest BCUT2D eigenvalue weighted by molar-refractivity contribution is 7.16. The summed E-state index contributed by atoms with van der Waals surface area (Å²) in [5, 5.41) is 0. The lowest BCUT2D eigenvalue weighted by Gasteiger charge is -2.24. The summed E-state index contributed by atoms with van der Waals surface area (Å²) in [5.41, 5.74) is 2.72. The topological polar surface area (TPSA) is 53.6 Å². The highest BCUT2D eigenvalue weighted by Crippen LogP contribution is 2.23. The molecule has 2 rings (SSSR count). The minimum Gasteiger partial charge on any atom is -0.340 e. The second-order valence-corrected chi connectivity index (χ2v) is 6.75. The molecule has 0 radical (unpaired) electrons. The lowest BCUT2D eigenvalue weighted by molar-refractivity contribution is 0.424. The van der Waals surface area contributed by atoms with Gasteiger partial charge >= 0.3 is 0 Å². The monoisotopic (exact) mass is 300 g/mol. The molecule has 6 heteroatoms. The summed E-state index contributed by atoms with van der Waals surface area (Å²) in [4.78, 5) is 7.98. The summed E-state index contributed by atoms with van der Waals surface area (Å²) in [7, 11) is 2.00. The molecule has 0 bridgehead atoms. The number of thiophene rings is 1. The third-order valence-electron chi connectivity index (χ3n) is 3.39. The Morgan fingerprint density at radius 1 is 1.47 bits per heavy atom. The lowest BCUT2D eigenvalue weighted by Crippen LogP contribution is -2.43. The Morgan fingerprint density at radius 2 is 2.21 bits per heavy atom. The first-order valence-corrected chi connectivity index (χ1v) is 7.88. The molecular formula is C13H21ClN4S. The van der Waals surface area contributed by atoms with Crippen LogP contribution in [0.5, 0.6) is 0 Å². The van der Waals surface area contributed by atoms with Crippen LogP contribution >= 0.6 is 22.9 Å². The zero-order chi connectivity index (χ0) is 13.7. The molecule has 1 fully saturated rings. The van der Waals surface area contributed by atoms with E-state index in [0.717, 1.165) is 16.8 Å². The van der Waals surface area contributed by atoms with Crippen LogP contribution in [0.4, 0.5) is 0 Å². The minimum absolute atomic E-state index is 0.411. The van der Waals surface area contributed by atoms with Crippen molar-refractivity contribution < 1.29 is 0 Å². The van der Waals surface area contributed by atoms with Crippen LogP contribution in [-0.4, -0.2) is 23.9 Å². The molecule has 1 aliphatic carbocycles. The maximum atomic E-state index is 5.94. The molecular weight excluding hydrogens is 280 g/mol. The highest BCUT2D eigenvalue weighted by Gasteiger charge is 2.15. The first-order valence-electron chi connectivity index (χ1n) is 6.69. The van der Waals surface area contributed by atoms with Gasteiger partial charge in [0.25, 0.3) is 0 Å². The summed E-state index contributed by atoms with van der Waals surface area (Å²) in [6.45, 7) is 0.771. The van der Waals surface area contributed by atoms with E-state index in [1.165, 1.54) is 37.0 Å². The number of guanidine groups is 1. The molecule has 1 aromatic rings. The van der Waals surface area contributed by atoms with Crippen molar-refractivity contribution in [1.29, 1.82) is 0 Å². The molecule has 1 aromatic heterocycles. The Balaban J connectivity index is 1.97. The number of hydrazine groups is 1. The van der Waals surface area contributed by atoms with Crippen molar-refractivity contribution in [1.82, 2.24) is 10.3 Å². The van der Waals surface area contributed by atoms with Crippen molar-refractivity contribution in [2.24, 2.45) is 10.8 Å². The van der Waals surface area contributed by atoms with Crippen LogP contribution in [0.25, 0.3) is 0 Å². The number of halogens is 1. The highest BCUT2D eigenvalue weighted by atomic mass is 35.5. The molecule has 1 aliphatic rings. The average Bonchev–Trinajstić information content (AvgIpc) is 2.82. The fourth-order valence-corrected chi connectivity index (χ4v) is 3.52. The van der Waals surface area contributed by atoms with Crippen molar-refractivity contribution in [3.05, 3.63) is 21.3 Å². The predicted octanol–water partition coefficient (Wildman–Crippen LogP) is 2.99. The summed E-state index contributed by atoms with van der Waals surface area (Å²) in [6.07, 6.45) is 6.22. The Labute approximate surface area is 123 Å². The SMILES string of the molecule is CN(Cc1ccc(Cl)s1)C(=NC1CCCCC1)NN. The van der Waals surface area contributed by atoms with E-state index in [1.807, 2.05) is 24.1 Å². The molecule has 19 heavy (non-hydrogen) atoms. The number of aliphatic imine (C=N–C) groups is 1. The second kappa shape index (κ2) is 7.12. The minimum atomic E-state index is 0.411. The molecule has 0 aromatic carbocycles. The zero-order valence-electron chi connectivity index (χ0n) is 11.2. The van der Waals surface area contributed by atoms with E-state index in [0.29, 0.717) is 6.04 Å². The van der Waals surface area contributed by atoms with Gasteiger partial charge in [0, 0.05) is 11.9 Å². The maximum Gasteiger partial charge on any atom is 0.208 e. The number of nitrogens with zero attached hydrogens (tertiary/aromatic N) is 2. The van der Waals surface area contributed by atoms with E-state index in [2.05, 4.69) is 5.43 Å². The van der Waals surface area contributed by atoms with E-state index in [1.54, 1.807) is 11.3 Å². The van der Waals surface area contributed by atoms with E-state index in [9.17, 15) is 0 Å². The fraction of sp³-hybridized carbons (Fsp3) is 0.615. The molecule has 0 saturated heterocycles. The largest absolute Gasteiger partial charge is 0.340 e. The molecule has 106 valence electrons. The van der Waals surface area contributed by atoms with Crippen molar-refractivity contribution in [2.45, 2.75) is 44.7 Å². The normalized spacial score (nSPS) is 17.5. The van der Waals surface area contributed by atoms with Gasteiger partial charge in [0.15, 0.2) is 0 Å². The molecule has 0 spiro atoms. The first kappa shape index (κ1) is 14.6. The van der Waals surface area contributed by atoms with E-state index < -0.39 is 0 Å². The van der Waals surface area contributed by atoms with E-state index in [4.69, 9.17) is 22.4 Å². The molecule has 0 amide bonds. The summed E-state index contributed by atoms with van der Waals surface area (Å²) >= 11 is 7.53. The van der Waals surface area contributed by atoms with Crippen LogP contribution in [0.15, 0.2) is 17.1 Å². The van der Waals surface area contributed by atoms with Gasteiger partial charge in [-0.25, -0.2) is 10.8 Å². The quantitative estimate of drug-likeness (QED) is 0.390. The number of hydrogen-bond donors (Lipinski definition) is 2. The Morgan fingerprint density at radius 3 is 2.79 bits per heavy atom. The van der Waals surface area contributed by atoms with Gasteiger partial charge in [-0.2, -0.15) is 0 Å². The second-order valence-electron chi connectivity index (χ2n) is 4.95. The van der Waals surface area contributed by atoms with E-state index in [-0.39, 0.29) is 0 Å². The standard InChI is InChI=1S/C13H21ClN4S/c1-18(9-11-7-8-12(14)19-11)13(17-15)16-10-5-3-2-4-6-10/h7-8,10H,2-6,9,15H2,1H3,(H,16,17). The number of hydrogen-bond acceptors (Lipinski definition) is 3. The number of nitrogens with two attached hydrogens (primary N) is 1. The Kier molecular flexibility index (Phi) is 5.48. The van der Waals surface area contributed by atoms with Crippen LogP contribution in [0, 0.1) is 0 Å². The van der Waals surface area contributed by atoms with Crippen molar-refractivity contribution in [3.8, 4) is 0 Å². The molecule has 3 N–H and O–H groups in total. The summed E-state index contributed by atoms with van der Waals surface area (Å²) < 4.78 is 0.815. The fourth-order valence-electron chi connectivity index (χ4n) is 2.37. The average molecular weight is 301 g/mol. The van der Waals surface area contributed by atoms with Crippen molar-refractivity contribution >= 4 is 28.9 Å². The predicted molar refractivity (Wildman–Crippen MR) is 82.4 cm³/mol. The molecule has 0 aliphatic heterocycles. The third kappa shape index (κ3) is 4.37. The van der Waals surface area contributed by atoms with E-state index >= 15 is 0 Å². The number of nitrogens with one attached hydrogen (secondary N) is 1. The lowest BCUT2D eigenvalue weighted by atomic mass is 9.96. The first-order chi connectivity index (χ1) is 9.19. The molecule has 4 nitrogen and oxygen atoms in total. The van der Waals surface area contributed by atoms with Gasteiger partial charge in [0.05, 0.1) is 16.9 Å². The summed E-state index contributed by atoms with van der Waals surface area (Å²) in [6, 6.07) is 4.37. The van der Waals surface area contributed by atoms with Gasteiger partial charge in [0.2, 0.25) is 5.96 Å². The molecule has 0 unspecified atom stereocenters. The van der Waals surface area contributed by atoms with Crippen LogP contribution in [0.2, 0.25) is 4.34 Å². The zero-order valence-corrected chi connectivity index (χ0v) is 12.8. The van der Waals surface area contributed by atoms with Crippen LogP contribution in [0.1, 0.15) is 37.0 Å². The van der Waals surface area contributed by atoms with Gasteiger partial charge in [-0.05, 0) is 25.0 Å². The molecule has 0 atom stereocenters.